The third kappa shape index (κ3) is 5.73. The fourth-order valence-corrected chi connectivity index (χ4v) is 4.66. The standard InChI is InChI=1S/C29H28F4O4/c1-3-35-19-9-5-17(6-10-19)21-13-14-23(27(32)25(21)30)29(34)37-20-11-7-18(8-12-20)22-15-16-24(36-4-2)28(33)26(22)31/h5-6,9-10,13-16,18,20H,3-4,7-8,11-12H2,1-2H3. The first-order valence-corrected chi connectivity index (χ1v) is 12.4. The maximum absolute atomic E-state index is 14.8. The van der Waals surface area contributed by atoms with Crippen molar-refractivity contribution < 1.29 is 36.6 Å². The van der Waals surface area contributed by atoms with Crippen LogP contribution in [-0.4, -0.2) is 25.3 Å². The molecule has 0 heterocycles. The van der Waals surface area contributed by atoms with Crippen LogP contribution < -0.4 is 9.47 Å². The van der Waals surface area contributed by atoms with Gasteiger partial charge in [-0.15, -0.1) is 0 Å². The molecule has 1 aliphatic rings. The number of hydrogen-bond donors (Lipinski definition) is 0. The van der Waals surface area contributed by atoms with Crippen LogP contribution in [0.4, 0.5) is 17.6 Å². The van der Waals surface area contributed by atoms with Crippen LogP contribution >= 0.6 is 0 Å². The summed E-state index contributed by atoms with van der Waals surface area (Å²) in [7, 11) is 0. The molecule has 0 radical (unpaired) electrons. The van der Waals surface area contributed by atoms with E-state index >= 15 is 0 Å². The zero-order valence-electron chi connectivity index (χ0n) is 20.7. The highest BCUT2D eigenvalue weighted by Crippen LogP contribution is 2.38. The van der Waals surface area contributed by atoms with Crippen molar-refractivity contribution in [2.75, 3.05) is 13.2 Å². The largest absolute Gasteiger partial charge is 0.494 e. The summed E-state index contributed by atoms with van der Waals surface area (Å²) in [4.78, 5) is 12.6. The number of halogens is 4. The van der Waals surface area contributed by atoms with E-state index in [0.29, 0.717) is 43.6 Å². The summed E-state index contributed by atoms with van der Waals surface area (Å²) in [5.41, 5.74) is 0.218. The molecule has 0 aliphatic heterocycles. The van der Waals surface area contributed by atoms with Gasteiger partial charge in [-0.3, -0.25) is 0 Å². The van der Waals surface area contributed by atoms with E-state index in [9.17, 15) is 22.4 Å². The van der Waals surface area contributed by atoms with Crippen LogP contribution in [0.3, 0.4) is 0 Å². The number of ether oxygens (including phenoxy) is 3. The number of rotatable bonds is 8. The summed E-state index contributed by atoms with van der Waals surface area (Å²) in [5.74, 6) is -5.10. The molecular formula is C29H28F4O4. The average Bonchev–Trinajstić information content (AvgIpc) is 2.90. The van der Waals surface area contributed by atoms with Gasteiger partial charge in [-0.1, -0.05) is 24.3 Å². The van der Waals surface area contributed by atoms with E-state index in [1.807, 2.05) is 6.92 Å². The van der Waals surface area contributed by atoms with Gasteiger partial charge < -0.3 is 14.2 Å². The van der Waals surface area contributed by atoms with Gasteiger partial charge in [0.15, 0.2) is 23.2 Å². The van der Waals surface area contributed by atoms with Gasteiger partial charge >= 0.3 is 5.97 Å². The monoisotopic (exact) mass is 516 g/mol. The highest BCUT2D eigenvalue weighted by molar-refractivity contribution is 5.90. The lowest BCUT2D eigenvalue weighted by Gasteiger charge is -2.29. The minimum atomic E-state index is -1.28. The van der Waals surface area contributed by atoms with E-state index in [-0.39, 0.29) is 29.4 Å². The first-order chi connectivity index (χ1) is 17.8. The van der Waals surface area contributed by atoms with Crippen molar-refractivity contribution >= 4 is 5.97 Å². The van der Waals surface area contributed by atoms with Gasteiger partial charge in [-0.25, -0.2) is 18.0 Å². The van der Waals surface area contributed by atoms with E-state index < -0.39 is 40.9 Å². The van der Waals surface area contributed by atoms with Crippen molar-refractivity contribution in [3.63, 3.8) is 0 Å². The Kier molecular flexibility index (Phi) is 8.36. The van der Waals surface area contributed by atoms with E-state index in [2.05, 4.69) is 0 Å². The van der Waals surface area contributed by atoms with Gasteiger partial charge in [0, 0.05) is 5.56 Å². The predicted molar refractivity (Wildman–Crippen MR) is 131 cm³/mol. The quantitative estimate of drug-likeness (QED) is 0.229. The van der Waals surface area contributed by atoms with Gasteiger partial charge in [0.1, 0.15) is 11.9 Å². The second-order valence-corrected chi connectivity index (χ2v) is 8.84. The van der Waals surface area contributed by atoms with Crippen LogP contribution in [0.5, 0.6) is 11.5 Å². The van der Waals surface area contributed by atoms with Gasteiger partial charge in [0.05, 0.1) is 18.8 Å². The van der Waals surface area contributed by atoms with Crippen molar-refractivity contribution in [1.82, 2.24) is 0 Å². The van der Waals surface area contributed by atoms with Gasteiger partial charge in [-0.05, 0) is 80.8 Å². The second-order valence-electron chi connectivity index (χ2n) is 8.84. The molecule has 4 rings (SSSR count). The lowest BCUT2D eigenvalue weighted by atomic mass is 9.82. The maximum Gasteiger partial charge on any atom is 0.341 e. The summed E-state index contributed by atoms with van der Waals surface area (Å²) in [5, 5.41) is 0. The number of esters is 1. The molecular weight excluding hydrogens is 488 g/mol. The SMILES string of the molecule is CCOc1ccc(-c2ccc(C(=O)OC3CCC(c4ccc(OCC)c(F)c4F)CC3)c(F)c2F)cc1. The number of carbonyl (C=O) groups is 1. The minimum Gasteiger partial charge on any atom is -0.494 e. The van der Waals surface area contributed by atoms with E-state index in [1.54, 1.807) is 31.2 Å². The van der Waals surface area contributed by atoms with Crippen molar-refractivity contribution in [3.8, 4) is 22.6 Å². The Hall–Kier alpha value is -3.55. The first-order valence-electron chi connectivity index (χ1n) is 12.4. The van der Waals surface area contributed by atoms with Crippen LogP contribution in [0, 0.1) is 23.3 Å². The number of carbonyl (C=O) groups excluding carboxylic acids is 1. The Morgan fingerprint density at radius 1 is 0.757 bits per heavy atom. The molecule has 0 aromatic heterocycles. The molecule has 1 aliphatic carbocycles. The number of benzene rings is 3. The molecule has 37 heavy (non-hydrogen) atoms. The molecule has 0 bridgehead atoms. The molecule has 0 unspecified atom stereocenters. The third-order valence-electron chi connectivity index (χ3n) is 6.54. The molecule has 0 saturated heterocycles. The summed E-state index contributed by atoms with van der Waals surface area (Å²) in [6, 6.07) is 12.0. The molecule has 1 saturated carbocycles. The molecule has 196 valence electrons. The fourth-order valence-electron chi connectivity index (χ4n) is 4.66. The zero-order chi connectivity index (χ0) is 26.5. The minimum absolute atomic E-state index is 0.0159. The lowest BCUT2D eigenvalue weighted by molar-refractivity contribution is 0.0188. The first kappa shape index (κ1) is 26.5. The summed E-state index contributed by atoms with van der Waals surface area (Å²) < 4.78 is 74.4. The van der Waals surface area contributed by atoms with Crippen molar-refractivity contribution in [2.24, 2.45) is 0 Å². The molecule has 0 spiro atoms. The van der Waals surface area contributed by atoms with Crippen molar-refractivity contribution in [3.05, 3.63) is 82.9 Å². The maximum atomic E-state index is 14.8. The normalized spacial score (nSPS) is 17.4. The van der Waals surface area contributed by atoms with E-state index in [0.717, 1.165) is 0 Å². The summed E-state index contributed by atoms with van der Waals surface area (Å²) >= 11 is 0. The second kappa shape index (κ2) is 11.7. The highest BCUT2D eigenvalue weighted by atomic mass is 19.2. The molecule has 3 aromatic rings. The molecule has 0 atom stereocenters. The zero-order valence-corrected chi connectivity index (χ0v) is 20.7. The summed E-state index contributed by atoms with van der Waals surface area (Å²) in [6.07, 6.45) is 1.15. The van der Waals surface area contributed by atoms with Crippen molar-refractivity contribution in [2.45, 2.75) is 51.6 Å². The van der Waals surface area contributed by atoms with Crippen LogP contribution in [-0.2, 0) is 4.74 Å². The fraction of sp³-hybridized carbons (Fsp3) is 0.345. The van der Waals surface area contributed by atoms with Crippen LogP contribution in [0.1, 0.15) is 61.4 Å². The average molecular weight is 517 g/mol. The van der Waals surface area contributed by atoms with Crippen molar-refractivity contribution in [1.29, 1.82) is 0 Å². The molecule has 3 aromatic carbocycles. The van der Waals surface area contributed by atoms with Gasteiger partial charge in [-0.2, -0.15) is 4.39 Å². The third-order valence-corrected chi connectivity index (χ3v) is 6.54. The van der Waals surface area contributed by atoms with E-state index in [1.165, 1.54) is 24.3 Å². The molecule has 8 heteroatoms. The summed E-state index contributed by atoms with van der Waals surface area (Å²) in [6.45, 7) is 4.23. The Morgan fingerprint density at radius 3 is 2.08 bits per heavy atom. The molecule has 4 nitrogen and oxygen atoms in total. The lowest BCUT2D eigenvalue weighted by Crippen LogP contribution is -2.25. The van der Waals surface area contributed by atoms with Crippen LogP contribution in [0.2, 0.25) is 0 Å². The van der Waals surface area contributed by atoms with Gasteiger partial charge in [0.25, 0.3) is 0 Å². The predicted octanol–water partition coefficient (Wildman–Crippen LogP) is 7.59. The topological polar surface area (TPSA) is 44.8 Å². The van der Waals surface area contributed by atoms with Crippen LogP contribution in [0.15, 0.2) is 48.5 Å². The molecule has 1 fully saturated rings. The number of hydrogen-bond acceptors (Lipinski definition) is 4. The Bertz CT molecular complexity index is 1250. The molecule has 0 N–H and O–H groups in total. The smallest absolute Gasteiger partial charge is 0.341 e. The Labute approximate surface area is 213 Å². The van der Waals surface area contributed by atoms with Gasteiger partial charge in [0.2, 0.25) is 5.82 Å². The van der Waals surface area contributed by atoms with Crippen LogP contribution in [0.25, 0.3) is 11.1 Å². The van der Waals surface area contributed by atoms with E-state index in [4.69, 9.17) is 14.2 Å². The highest BCUT2D eigenvalue weighted by Gasteiger charge is 2.30. The Balaban J connectivity index is 1.40. The molecule has 0 amide bonds. The Morgan fingerprint density at radius 2 is 1.43 bits per heavy atom.